The van der Waals surface area contributed by atoms with Crippen LogP contribution in [0, 0.1) is 5.92 Å². The molecule has 0 bridgehead atoms. The SMILES string of the molecule is CCCCCCCCCCCCc1cnc(C2CCC(COc3ccc(CCCCCCCC)cc3)CC2)nc1. The van der Waals surface area contributed by atoms with Crippen molar-refractivity contribution in [2.24, 2.45) is 5.92 Å². The zero-order chi connectivity index (χ0) is 28.1. The first-order valence-electron chi connectivity index (χ1n) is 17.3. The zero-order valence-electron chi connectivity index (χ0n) is 26.2. The second kappa shape index (κ2) is 20.9. The van der Waals surface area contributed by atoms with Crippen LogP contribution in [0.4, 0.5) is 0 Å². The van der Waals surface area contributed by atoms with Crippen LogP contribution in [-0.4, -0.2) is 16.6 Å². The second-order valence-electron chi connectivity index (χ2n) is 12.6. The average Bonchev–Trinajstić information content (AvgIpc) is 3.00. The Labute approximate surface area is 247 Å². The maximum absolute atomic E-state index is 6.18. The number of aromatic nitrogens is 2. The van der Waals surface area contributed by atoms with E-state index in [0.29, 0.717) is 11.8 Å². The molecule has 0 aliphatic heterocycles. The van der Waals surface area contributed by atoms with Gasteiger partial charge in [-0.05, 0) is 80.5 Å². The Balaban J connectivity index is 1.23. The topological polar surface area (TPSA) is 35.0 Å². The minimum Gasteiger partial charge on any atom is -0.493 e. The average molecular weight is 549 g/mol. The number of hydrogen-bond acceptors (Lipinski definition) is 3. The van der Waals surface area contributed by atoms with E-state index in [1.54, 1.807) is 0 Å². The van der Waals surface area contributed by atoms with E-state index in [1.165, 1.54) is 146 Å². The highest BCUT2D eigenvalue weighted by atomic mass is 16.5. The Morgan fingerprint density at radius 1 is 0.575 bits per heavy atom. The predicted octanol–water partition coefficient (Wildman–Crippen LogP) is 11.2. The van der Waals surface area contributed by atoms with Gasteiger partial charge in [0.2, 0.25) is 0 Å². The summed E-state index contributed by atoms with van der Waals surface area (Å²) in [4.78, 5) is 9.58. The molecule has 0 amide bonds. The van der Waals surface area contributed by atoms with Gasteiger partial charge in [0, 0.05) is 18.3 Å². The number of ether oxygens (including phenoxy) is 1. The van der Waals surface area contributed by atoms with E-state index >= 15 is 0 Å². The van der Waals surface area contributed by atoms with Gasteiger partial charge in [-0.1, -0.05) is 116 Å². The second-order valence-corrected chi connectivity index (χ2v) is 12.6. The molecule has 2 aromatic rings. The molecule has 40 heavy (non-hydrogen) atoms. The van der Waals surface area contributed by atoms with Gasteiger partial charge in [-0.25, -0.2) is 9.97 Å². The fourth-order valence-electron chi connectivity index (χ4n) is 6.18. The van der Waals surface area contributed by atoms with Gasteiger partial charge >= 0.3 is 0 Å². The van der Waals surface area contributed by atoms with Crippen molar-refractivity contribution < 1.29 is 4.74 Å². The molecule has 0 saturated heterocycles. The van der Waals surface area contributed by atoms with Crippen LogP contribution in [0.3, 0.4) is 0 Å². The molecule has 3 nitrogen and oxygen atoms in total. The van der Waals surface area contributed by atoms with Gasteiger partial charge in [-0.2, -0.15) is 0 Å². The number of aryl methyl sites for hydroxylation is 2. The smallest absolute Gasteiger partial charge is 0.131 e. The molecular formula is C37H60N2O. The summed E-state index contributed by atoms with van der Waals surface area (Å²) < 4.78 is 6.18. The molecule has 224 valence electrons. The van der Waals surface area contributed by atoms with E-state index in [0.717, 1.165) is 24.6 Å². The molecular weight excluding hydrogens is 488 g/mol. The van der Waals surface area contributed by atoms with Gasteiger partial charge in [0.05, 0.1) is 6.61 Å². The normalized spacial score (nSPS) is 17.2. The third-order valence-electron chi connectivity index (χ3n) is 8.98. The molecule has 1 saturated carbocycles. The molecule has 1 aromatic heterocycles. The van der Waals surface area contributed by atoms with Gasteiger partial charge < -0.3 is 4.74 Å². The summed E-state index contributed by atoms with van der Waals surface area (Å²) in [5.41, 5.74) is 2.75. The molecule has 0 radical (unpaired) electrons. The molecule has 0 unspecified atom stereocenters. The fraction of sp³-hybridized carbons (Fsp3) is 0.730. The number of nitrogens with zero attached hydrogens (tertiary/aromatic N) is 2. The van der Waals surface area contributed by atoms with Gasteiger partial charge in [0.25, 0.3) is 0 Å². The zero-order valence-corrected chi connectivity index (χ0v) is 26.2. The molecule has 1 aromatic carbocycles. The lowest BCUT2D eigenvalue weighted by Crippen LogP contribution is -2.20. The first-order chi connectivity index (χ1) is 19.8. The molecule has 1 heterocycles. The highest BCUT2D eigenvalue weighted by Crippen LogP contribution is 2.34. The van der Waals surface area contributed by atoms with Crippen molar-refractivity contribution in [3.05, 3.63) is 53.6 Å². The van der Waals surface area contributed by atoms with Crippen molar-refractivity contribution >= 4 is 0 Å². The Kier molecular flexibility index (Phi) is 17.0. The molecule has 1 aliphatic rings. The van der Waals surface area contributed by atoms with E-state index in [2.05, 4.69) is 50.5 Å². The van der Waals surface area contributed by atoms with Crippen molar-refractivity contribution in [2.45, 2.75) is 161 Å². The summed E-state index contributed by atoms with van der Waals surface area (Å²) in [5, 5.41) is 0. The highest BCUT2D eigenvalue weighted by molar-refractivity contribution is 5.27. The minimum atomic E-state index is 0.517. The predicted molar refractivity (Wildman–Crippen MR) is 171 cm³/mol. The van der Waals surface area contributed by atoms with Gasteiger partial charge in [-0.3, -0.25) is 0 Å². The first-order valence-corrected chi connectivity index (χ1v) is 17.3. The standard InChI is InChI=1S/C37H60N2O/c1-3-5-7-9-11-12-13-14-16-18-20-34-29-38-37(39-30-34)35-25-21-33(22-26-35)31-40-36-27-23-32(24-28-36)19-17-15-10-8-6-4-2/h23-24,27-30,33,35H,3-22,25-26,31H2,1-2H3. The maximum atomic E-state index is 6.18. The van der Waals surface area contributed by atoms with Crippen molar-refractivity contribution in [3.63, 3.8) is 0 Å². The molecule has 0 spiro atoms. The molecule has 1 aliphatic carbocycles. The molecule has 0 N–H and O–H groups in total. The van der Waals surface area contributed by atoms with Crippen LogP contribution < -0.4 is 4.74 Å². The number of hydrogen-bond donors (Lipinski definition) is 0. The summed E-state index contributed by atoms with van der Waals surface area (Å²) in [6, 6.07) is 8.86. The van der Waals surface area contributed by atoms with Gasteiger partial charge in [0.1, 0.15) is 11.6 Å². The van der Waals surface area contributed by atoms with Gasteiger partial charge in [0.15, 0.2) is 0 Å². The number of rotatable bonds is 22. The largest absolute Gasteiger partial charge is 0.493 e. The summed E-state index contributed by atoms with van der Waals surface area (Å²) in [6.45, 7) is 5.41. The molecule has 0 atom stereocenters. The third-order valence-corrected chi connectivity index (χ3v) is 8.98. The van der Waals surface area contributed by atoms with E-state index in [4.69, 9.17) is 14.7 Å². The Hall–Kier alpha value is -1.90. The third kappa shape index (κ3) is 13.6. The van der Waals surface area contributed by atoms with Crippen LogP contribution >= 0.6 is 0 Å². The van der Waals surface area contributed by atoms with E-state index in [1.807, 2.05) is 0 Å². The van der Waals surface area contributed by atoms with Crippen LogP contribution in [0.1, 0.15) is 165 Å². The summed E-state index contributed by atoms with van der Waals surface area (Å²) in [5.74, 6) is 3.25. The molecule has 3 heteroatoms. The minimum absolute atomic E-state index is 0.517. The van der Waals surface area contributed by atoms with Crippen LogP contribution in [-0.2, 0) is 12.8 Å². The van der Waals surface area contributed by atoms with Crippen molar-refractivity contribution in [1.82, 2.24) is 9.97 Å². The Morgan fingerprint density at radius 2 is 1.05 bits per heavy atom. The monoisotopic (exact) mass is 548 g/mol. The van der Waals surface area contributed by atoms with Crippen LogP contribution in [0.2, 0.25) is 0 Å². The van der Waals surface area contributed by atoms with Gasteiger partial charge in [-0.15, -0.1) is 0 Å². The first kappa shape index (κ1) is 32.6. The Morgan fingerprint density at radius 3 is 1.57 bits per heavy atom. The van der Waals surface area contributed by atoms with E-state index in [9.17, 15) is 0 Å². The quantitative estimate of drug-likeness (QED) is 0.137. The van der Waals surface area contributed by atoms with Crippen molar-refractivity contribution in [2.75, 3.05) is 6.61 Å². The highest BCUT2D eigenvalue weighted by Gasteiger charge is 2.24. The fourth-order valence-corrected chi connectivity index (χ4v) is 6.18. The van der Waals surface area contributed by atoms with Crippen LogP contribution in [0.25, 0.3) is 0 Å². The van der Waals surface area contributed by atoms with Crippen molar-refractivity contribution in [1.29, 1.82) is 0 Å². The summed E-state index contributed by atoms with van der Waals surface area (Å²) in [6.07, 6.45) is 33.3. The molecule has 1 fully saturated rings. The maximum Gasteiger partial charge on any atom is 0.131 e. The molecule has 3 rings (SSSR count). The number of benzene rings is 1. The Bertz CT molecular complexity index is 855. The van der Waals surface area contributed by atoms with Crippen LogP contribution in [0.15, 0.2) is 36.7 Å². The number of unbranched alkanes of at least 4 members (excludes halogenated alkanes) is 14. The van der Waals surface area contributed by atoms with Crippen LogP contribution in [0.5, 0.6) is 5.75 Å². The lowest BCUT2D eigenvalue weighted by Gasteiger charge is -2.27. The summed E-state index contributed by atoms with van der Waals surface area (Å²) in [7, 11) is 0. The van der Waals surface area contributed by atoms with E-state index < -0.39 is 0 Å². The van der Waals surface area contributed by atoms with E-state index in [-0.39, 0.29) is 0 Å². The lowest BCUT2D eigenvalue weighted by atomic mass is 9.82. The lowest BCUT2D eigenvalue weighted by molar-refractivity contribution is 0.198. The van der Waals surface area contributed by atoms with Crippen molar-refractivity contribution in [3.8, 4) is 5.75 Å². The summed E-state index contributed by atoms with van der Waals surface area (Å²) >= 11 is 0.